The molecular formula is C12H17NO3. The third-order valence-electron chi connectivity index (χ3n) is 1.98. The van der Waals surface area contributed by atoms with E-state index >= 15 is 0 Å². The number of nitrogens with one attached hydrogen (secondary N) is 1. The third kappa shape index (κ3) is 4.21. The fraction of sp³-hybridized carbons (Fsp3) is 0.417. The summed E-state index contributed by atoms with van der Waals surface area (Å²) in [5.41, 5.74) is 0. The van der Waals surface area contributed by atoms with E-state index in [9.17, 15) is 4.79 Å². The van der Waals surface area contributed by atoms with Gasteiger partial charge in [0.15, 0.2) is 6.61 Å². The molecule has 0 aromatic heterocycles. The maximum absolute atomic E-state index is 11.3. The van der Waals surface area contributed by atoms with Gasteiger partial charge in [-0.3, -0.25) is 4.79 Å². The number of rotatable bonds is 6. The minimum atomic E-state index is -0.107. The molecule has 0 bridgehead atoms. The van der Waals surface area contributed by atoms with E-state index in [-0.39, 0.29) is 12.5 Å². The smallest absolute Gasteiger partial charge is 0.257 e. The molecule has 0 spiro atoms. The number of hydrogen-bond donors (Lipinski definition) is 1. The Balaban J connectivity index is 2.38. The van der Waals surface area contributed by atoms with Gasteiger partial charge in [0.2, 0.25) is 0 Å². The number of methoxy groups -OCH3 is 1. The molecule has 0 saturated carbocycles. The molecule has 4 nitrogen and oxygen atoms in total. The second-order valence-electron chi connectivity index (χ2n) is 3.32. The summed E-state index contributed by atoms with van der Waals surface area (Å²) in [5, 5.41) is 2.74. The third-order valence-corrected chi connectivity index (χ3v) is 1.98. The van der Waals surface area contributed by atoms with Gasteiger partial charge in [-0.25, -0.2) is 0 Å². The van der Waals surface area contributed by atoms with Gasteiger partial charge in [-0.1, -0.05) is 13.0 Å². The van der Waals surface area contributed by atoms with Gasteiger partial charge in [-0.2, -0.15) is 0 Å². The summed E-state index contributed by atoms with van der Waals surface area (Å²) >= 11 is 0. The number of carbonyl (C=O) groups is 1. The highest BCUT2D eigenvalue weighted by atomic mass is 16.5. The first-order valence-corrected chi connectivity index (χ1v) is 5.29. The quantitative estimate of drug-likeness (QED) is 0.796. The van der Waals surface area contributed by atoms with Crippen molar-refractivity contribution >= 4 is 5.91 Å². The van der Waals surface area contributed by atoms with Crippen molar-refractivity contribution in [2.75, 3.05) is 20.3 Å². The van der Waals surface area contributed by atoms with Crippen molar-refractivity contribution in [2.24, 2.45) is 0 Å². The van der Waals surface area contributed by atoms with E-state index in [2.05, 4.69) is 5.32 Å². The van der Waals surface area contributed by atoms with E-state index in [0.717, 1.165) is 6.42 Å². The number of ether oxygens (including phenoxy) is 2. The summed E-state index contributed by atoms with van der Waals surface area (Å²) < 4.78 is 10.4. The molecule has 88 valence electrons. The predicted molar refractivity (Wildman–Crippen MR) is 61.8 cm³/mol. The predicted octanol–water partition coefficient (Wildman–Crippen LogP) is 1.60. The van der Waals surface area contributed by atoms with Crippen molar-refractivity contribution < 1.29 is 14.3 Å². The highest BCUT2D eigenvalue weighted by Crippen LogP contribution is 2.18. The average Bonchev–Trinajstić information content (AvgIpc) is 2.34. The molecule has 0 unspecified atom stereocenters. The lowest BCUT2D eigenvalue weighted by atomic mass is 10.3. The molecule has 1 aromatic rings. The Bertz CT molecular complexity index is 339. The summed E-state index contributed by atoms with van der Waals surface area (Å²) in [7, 11) is 1.59. The van der Waals surface area contributed by atoms with Gasteiger partial charge in [-0.15, -0.1) is 0 Å². The molecule has 1 rings (SSSR count). The average molecular weight is 223 g/mol. The molecule has 0 aliphatic carbocycles. The molecule has 0 fully saturated rings. The molecule has 1 N–H and O–H groups in total. The molecule has 16 heavy (non-hydrogen) atoms. The minimum Gasteiger partial charge on any atom is -0.497 e. The van der Waals surface area contributed by atoms with Crippen molar-refractivity contribution in [3.05, 3.63) is 24.3 Å². The van der Waals surface area contributed by atoms with Crippen molar-refractivity contribution in [3.63, 3.8) is 0 Å². The van der Waals surface area contributed by atoms with E-state index in [4.69, 9.17) is 9.47 Å². The molecule has 0 saturated heterocycles. The first-order valence-electron chi connectivity index (χ1n) is 5.29. The molecule has 1 aromatic carbocycles. The molecule has 0 aliphatic heterocycles. The highest BCUT2D eigenvalue weighted by Gasteiger charge is 2.02. The Labute approximate surface area is 95.6 Å². The zero-order valence-electron chi connectivity index (χ0n) is 9.66. The number of benzene rings is 1. The minimum absolute atomic E-state index is 0.0349. The standard InChI is InChI=1S/C12H17NO3/c1-3-7-13-12(14)9-16-11-6-4-5-10(8-11)15-2/h4-6,8H,3,7,9H2,1-2H3,(H,13,14). The molecule has 4 heteroatoms. The van der Waals surface area contributed by atoms with Crippen LogP contribution in [0.2, 0.25) is 0 Å². The van der Waals surface area contributed by atoms with Crippen molar-refractivity contribution in [3.8, 4) is 11.5 Å². The van der Waals surface area contributed by atoms with Crippen LogP contribution in [0, 0.1) is 0 Å². The SMILES string of the molecule is CCCNC(=O)COc1cccc(OC)c1. The van der Waals surface area contributed by atoms with Gasteiger partial charge in [-0.05, 0) is 18.6 Å². The van der Waals surface area contributed by atoms with E-state index in [1.54, 1.807) is 19.2 Å². The monoisotopic (exact) mass is 223 g/mol. The van der Waals surface area contributed by atoms with Crippen molar-refractivity contribution in [1.82, 2.24) is 5.32 Å². The fourth-order valence-electron chi connectivity index (χ4n) is 1.16. The normalized spacial score (nSPS) is 9.62. The second-order valence-corrected chi connectivity index (χ2v) is 3.32. The van der Waals surface area contributed by atoms with Crippen LogP contribution in [0.3, 0.4) is 0 Å². The maximum atomic E-state index is 11.3. The van der Waals surface area contributed by atoms with E-state index < -0.39 is 0 Å². The molecule has 0 radical (unpaired) electrons. The summed E-state index contributed by atoms with van der Waals surface area (Å²) in [6.07, 6.45) is 0.922. The van der Waals surface area contributed by atoms with Crippen LogP contribution in [-0.2, 0) is 4.79 Å². The van der Waals surface area contributed by atoms with Crippen molar-refractivity contribution in [2.45, 2.75) is 13.3 Å². The maximum Gasteiger partial charge on any atom is 0.257 e. The lowest BCUT2D eigenvalue weighted by Gasteiger charge is -2.07. The molecule has 1 amide bonds. The van der Waals surface area contributed by atoms with Crippen LogP contribution in [0.4, 0.5) is 0 Å². The van der Waals surface area contributed by atoms with E-state index in [1.807, 2.05) is 19.1 Å². The zero-order chi connectivity index (χ0) is 11.8. The van der Waals surface area contributed by atoms with Crippen LogP contribution in [0.15, 0.2) is 24.3 Å². The Morgan fingerprint density at radius 1 is 1.38 bits per heavy atom. The molecule has 0 aliphatic rings. The topological polar surface area (TPSA) is 47.6 Å². The summed E-state index contributed by atoms with van der Waals surface area (Å²) in [4.78, 5) is 11.3. The van der Waals surface area contributed by atoms with E-state index in [0.29, 0.717) is 18.0 Å². The van der Waals surface area contributed by atoms with Crippen LogP contribution in [0.25, 0.3) is 0 Å². The number of hydrogen-bond acceptors (Lipinski definition) is 3. The van der Waals surface area contributed by atoms with Gasteiger partial charge in [0.05, 0.1) is 7.11 Å². The van der Waals surface area contributed by atoms with E-state index in [1.165, 1.54) is 0 Å². The Morgan fingerprint density at radius 2 is 2.12 bits per heavy atom. The summed E-state index contributed by atoms with van der Waals surface area (Å²) in [6, 6.07) is 7.17. The summed E-state index contributed by atoms with van der Waals surface area (Å²) in [5.74, 6) is 1.24. The zero-order valence-corrected chi connectivity index (χ0v) is 9.66. The Hall–Kier alpha value is -1.71. The molecule has 0 atom stereocenters. The Kier molecular flexibility index (Phi) is 5.19. The first kappa shape index (κ1) is 12.4. The highest BCUT2D eigenvalue weighted by molar-refractivity contribution is 5.77. The van der Waals surface area contributed by atoms with Crippen LogP contribution >= 0.6 is 0 Å². The Morgan fingerprint density at radius 3 is 2.81 bits per heavy atom. The number of carbonyl (C=O) groups excluding carboxylic acids is 1. The van der Waals surface area contributed by atoms with Gasteiger partial charge in [0.1, 0.15) is 11.5 Å². The lowest BCUT2D eigenvalue weighted by molar-refractivity contribution is -0.123. The molecule has 0 heterocycles. The molecular weight excluding hydrogens is 206 g/mol. The largest absolute Gasteiger partial charge is 0.497 e. The van der Waals surface area contributed by atoms with Crippen LogP contribution < -0.4 is 14.8 Å². The fourth-order valence-corrected chi connectivity index (χ4v) is 1.16. The summed E-state index contributed by atoms with van der Waals surface area (Å²) in [6.45, 7) is 2.72. The van der Waals surface area contributed by atoms with Gasteiger partial charge >= 0.3 is 0 Å². The van der Waals surface area contributed by atoms with Crippen molar-refractivity contribution in [1.29, 1.82) is 0 Å². The second kappa shape index (κ2) is 6.71. The number of amides is 1. The van der Waals surface area contributed by atoms with Gasteiger partial charge in [0.25, 0.3) is 5.91 Å². The van der Waals surface area contributed by atoms with Crippen LogP contribution in [-0.4, -0.2) is 26.2 Å². The van der Waals surface area contributed by atoms with Crippen LogP contribution in [0.5, 0.6) is 11.5 Å². The van der Waals surface area contributed by atoms with Gasteiger partial charge in [0, 0.05) is 12.6 Å². The lowest BCUT2D eigenvalue weighted by Crippen LogP contribution is -2.29. The van der Waals surface area contributed by atoms with Crippen LogP contribution in [0.1, 0.15) is 13.3 Å². The first-order chi connectivity index (χ1) is 7.76. The van der Waals surface area contributed by atoms with Gasteiger partial charge < -0.3 is 14.8 Å².